The Balaban J connectivity index is 2.26. The van der Waals surface area contributed by atoms with Crippen molar-refractivity contribution in [2.75, 3.05) is 13.2 Å². The Hall–Kier alpha value is -2.64. The molecule has 1 aromatic rings. The second kappa shape index (κ2) is 7.31. The molecule has 1 fully saturated rings. The van der Waals surface area contributed by atoms with Gasteiger partial charge < -0.3 is 15.0 Å². The summed E-state index contributed by atoms with van der Waals surface area (Å²) < 4.78 is 5.01. The number of ketones is 1. The first-order valence-electron chi connectivity index (χ1n) is 8.75. The lowest BCUT2D eigenvalue weighted by molar-refractivity contribution is -0.131. The minimum Gasteiger partial charge on any atom is -0.462 e. The second-order valence-corrected chi connectivity index (χ2v) is 6.38. The van der Waals surface area contributed by atoms with Crippen LogP contribution in [0.4, 0.5) is 4.79 Å². The molecule has 142 valence electrons. The van der Waals surface area contributed by atoms with Crippen LogP contribution in [0.3, 0.4) is 0 Å². The van der Waals surface area contributed by atoms with E-state index in [1.54, 1.807) is 20.8 Å². The number of nitrogens with zero attached hydrogens (tertiary/aromatic N) is 1. The molecule has 1 saturated heterocycles. The number of H-pyrrole nitrogens is 1. The second-order valence-electron chi connectivity index (χ2n) is 6.38. The summed E-state index contributed by atoms with van der Waals surface area (Å²) in [6.45, 7) is 8.49. The normalized spacial score (nSPS) is 16.0. The number of hydrogen-bond donors (Lipinski definition) is 2. The van der Waals surface area contributed by atoms with E-state index < -0.39 is 29.2 Å². The molecule has 0 aliphatic carbocycles. The van der Waals surface area contributed by atoms with Crippen LogP contribution in [0.1, 0.15) is 65.7 Å². The van der Waals surface area contributed by atoms with Gasteiger partial charge in [0.2, 0.25) is 0 Å². The highest BCUT2D eigenvalue weighted by Crippen LogP contribution is 2.26. The number of Topliss-reactive ketones (excluding diaryl/α,β-unsaturated/α-hetero) is 1. The zero-order valence-electron chi connectivity index (χ0n) is 15.8. The van der Waals surface area contributed by atoms with Gasteiger partial charge in [-0.05, 0) is 39.2 Å². The summed E-state index contributed by atoms with van der Waals surface area (Å²) >= 11 is 0. The summed E-state index contributed by atoms with van der Waals surface area (Å²) in [5.41, 5.74) is 0.530. The number of carbonyl (C=O) groups is 4. The number of amides is 3. The number of hydrogen-bond acceptors (Lipinski definition) is 5. The van der Waals surface area contributed by atoms with E-state index in [0.717, 1.165) is 4.90 Å². The van der Waals surface area contributed by atoms with E-state index in [-0.39, 0.29) is 18.8 Å². The van der Waals surface area contributed by atoms with Crippen molar-refractivity contribution in [3.05, 3.63) is 22.5 Å². The molecule has 0 radical (unpaired) electrons. The summed E-state index contributed by atoms with van der Waals surface area (Å²) in [6, 6.07) is -0.571. The maximum atomic E-state index is 12.7. The van der Waals surface area contributed by atoms with Gasteiger partial charge >= 0.3 is 12.0 Å². The number of nitrogens with one attached hydrogen (secondary N) is 2. The van der Waals surface area contributed by atoms with E-state index in [9.17, 15) is 19.2 Å². The molecule has 2 heterocycles. The van der Waals surface area contributed by atoms with E-state index in [1.807, 2.05) is 13.8 Å². The van der Waals surface area contributed by atoms with Gasteiger partial charge in [0, 0.05) is 5.69 Å². The number of carbonyl (C=O) groups excluding carboxylic acids is 4. The molecular formula is C18H25N3O5. The van der Waals surface area contributed by atoms with Gasteiger partial charge in [-0.1, -0.05) is 13.8 Å². The number of urea groups is 1. The zero-order valence-corrected chi connectivity index (χ0v) is 15.8. The molecule has 0 spiro atoms. The van der Waals surface area contributed by atoms with Gasteiger partial charge in [0.1, 0.15) is 5.54 Å². The van der Waals surface area contributed by atoms with E-state index in [4.69, 9.17) is 4.74 Å². The summed E-state index contributed by atoms with van der Waals surface area (Å²) in [4.78, 5) is 53.4. The molecular weight excluding hydrogens is 338 g/mol. The minimum atomic E-state index is -0.950. The lowest BCUT2D eigenvalue weighted by atomic mass is 9.93. The fraction of sp³-hybridized carbons (Fsp3) is 0.556. The minimum absolute atomic E-state index is 0.205. The van der Waals surface area contributed by atoms with Gasteiger partial charge in [-0.25, -0.2) is 9.59 Å². The number of imide groups is 1. The maximum absolute atomic E-state index is 12.7. The Morgan fingerprint density at radius 3 is 2.23 bits per heavy atom. The Labute approximate surface area is 152 Å². The maximum Gasteiger partial charge on any atom is 0.340 e. The van der Waals surface area contributed by atoms with Crippen molar-refractivity contribution in [1.29, 1.82) is 0 Å². The molecule has 0 aromatic carbocycles. The van der Waals surface area contributed by atoms with Crippen LogP contribution in [0.15, 0.2) is 0 Å². The van der Waals surface area contributed by atoms with Crippen LogP contribution in [0.2, 0.25) is 0 Å². The van der Waals surface area contributed by atoms with Crippen LogP contribution in [0, 0.1) is 13.8 Å². The van der Waals surface area contributed by atoms with E-state index in [0.29, 0.717) is 29.7 Å². The number of aromatic nitrogens is 1. The number of aromatic amines is 1. The van der Waals surface area contributed by atoms with Gasteiger partial charge in [0.25, 0.3) is 5.91 Å². The molecule has 0 atom stereocenters. The fourth-order valence-corrected chi connectivity index (χ4v) is 3.31. The number of rotatable bonds is 7. The predicted octanol–water partition coefficient (Wildman–Crippen LogP) is 2.10. The highest BCUT2D eigenvalue weighted by Gasteiger charge is 2.49. The highest BCUT2D eigenvalue weighted by molar-refractivity contribution is 6.11. The number of aryl methyl sites for hydroxylation is 1. The first-order chi connectivity index (χ1) is 12.2. The van der Waals surface area contributed by atoms with Crippen LogP contribution < -0.4 is 5.32 Å². The summed E-state index contributed by atoms with van der Waals surface area (Å²) in [7, 11) is 0. The van der Waals surface area contributed by atoms with Crippen molar-refractivity contribution in [3.8, 4) is 0 Å². The smallest absolute Gasteiger partial charge is 0.340 e. The van der Waals surface area contributed by atoms with Crippen molar-refractivity contribution in [1.82, 2.24) is 15.2 Å². The highest BCUT2D eigenvalue weighted by atomic mass is 16.5. The van der Waals surface area contributed by atoms with Gasteiger partial charge in [0.05, 0.1) is 24.4 Å². The number of ether oxygens (including phenoxy) is 1. The van der Waals surface area contributed by atoms with Crippen molar-refractivity contribution >= 4 is 23.7 Å². The monoisotopic (exact) mass is 363 g/mol. The topological polar surface area (TPSA) is 109 Å². The quantitative estimate of drug-likeness (QED) is 0.438. The molecule has 1 aliphatic heterocycles. The average Bonchev–Trinajstić information content (AvgIpc) is 3.03. The summed E-state index contributed by atoms with van der Waals surface area (Å²) in [6.07, 6.45) is 0.902. The Bertz CT molecular complexity index is 761. The zero-order chi connectivity index (χ0) is 19.6. The molecule has 2 N–H and O–H groups in total. The SMILES string of the molecule is CCOC(=O)c1c(C)[nH]c(C(=O)CN2C(=O)NC(CC)(CC)C2=O)c1C. The molecule has 8 nitrogen and oxygen atoms in total. The molecule has 0 saturated carbocycles. The van der Waals surface area contributed by atoms with Crippen LogP contribution in [-0.2, 0) is 9.53 Å². The van der Waals surface area contributed by atoms with Crippen LogP contribution in [0.5, 0.6) is 0 Å². The Morgan fingerprint density at radius 1 is 1.12 bits per heavy atom. The van der Waals surface area contributed by atoms with Crippen molar-refractivity contribution < 1.29 is 23.9 Å². The van der Waals surface area contributed by atoms with Gasteiger partial charge in [-0.15, -0.1) is 0 Å². The molecule has 1 aliphatic rings. The molecule has 3 amide bonds. The van der Waals surface area contributed by atoms with Crippen molar-refractivity contribution in [3.63, 3.8) is 0 Å². The van der Waals surface area contributed by atoms with E-state index in [2.05, 4.69) is 10.3 Å². The third-order valence-corrected chi connectivity index (χ3v) is 4.95. The van der Waals surface area contributed by atoms with Gasteiger partial charge in [-0.2, -0.15) is 0 Å². The van der Waals surface area contributed by atoms with Crippen molar-refractivity contribution in [2.24, 2.45) is 0 Å². The average molecular weight is 363 g/mol. The Morgan fingerprint density at radius 2 is 1.73 bits per heavy atom. The van der Waals surface area contributed by atoms with Crippen LogP contribution in [-0.4, -0.2) is 52.3 Å². The predicted molar refractivity (Wildman–Crippen MR) is 94.1 cm³/mol. The number of esters is 1. The summed E-state index contributed by atoms with van der Waals surface area (Å²) in [5, 5.41) is 2.69. The molecule has 8 heteroatoms. The molecule has 0 unspecified atom stereocenters. The van der Waals surface area contributed by atoms with E-state index in [1.165, 1.54) is 0 Å². The fourth-order valence-electron chi connectivity index (χ4n) is 3.31. The largest absolute Gasteiger partial charge is 0.462 e. The van der Waals surface area contributed by atoms with Gasteiger partial charge in [-0.3, -0.25) is 14.5 Å². The van der Waals surface area contributed by atoms with Crippen LogP contribution >= 0.6 is 0 Å². The Kier molecular flexibility index (Phi) is 5.53. The third-order valence-electron chi connectivity index (χ3n) is 4.95. The van der Waals surface area contributed by atoms with Gasteiger partial charge in [0.15, 0.2) is 5.78 Å². The molecule has 2 rings (SSSR count). The third kappa shape index (κ3) is 3.11. The lowest BCUT2D eigenvalue weighted by Crippen LogP contribution is -2.46. The molecule has 0 bridgehead atoms. The standard InChI is InChI=1S/C18H25N3O5/c1-6-18(7-2)16(24)21(17(25)20-18)9-12(22)14-10(4)13(11(5)19-14)15(23)26-8-3/h19H,6-9H2,1-5H3,(H,20,25). The first-order valence-corrected chi connectivity index (χ1v) is 8.75. The lowest BCUT2D eigenvalue weighted by Gasteiger charge is -2.22. The van der Waals surface area contributed by atoms with E-state index >= 15 is 0 Å². The van der Waals surface area contributed by atoms with Crippen molar-refractivity contribution in [2.45, 2.75) is 53.0 Å². The first kappa shape index (κ1) is 19.7. The van der Waals surface area contributed by atoms with Crippen LogP contribution in [0.25, 0.3) is 0 Å². The molecule has 26 heavy (non-hydrogen) atoms. The summed E-state index contributed by atoms with van der Waals surface area (Å²) in [5.74, 6) is -1.34. The molecule has 1 aromatic heterocycles.